The maximum absolute atomic E-state index is 13.1. The van der Waals surface area contributed by atoms with E-state index >= 15 is 0 Å². The molecule has 14 nitrogen and oxygen atoms in total. The Labute approximate surface area is 381 Å². The molecule has 0 aliphatic heterocycles. The van der Waals surface area contributed by atoms with Crippen LogP contribution < -0.4 is 26.0 Å². The molecule has 1 aromatic rings. The number of nitrogens with zero attached hydrogens (tertiary/aromatic N) is 3. The Morgan fingerprint density at radius 1 is 0.619 bits per heavy atom. The van der Waals surface area contributed by atoms with Gasteiger partial charge in [0.2, 0.25) is 11.8 Å². The number of aryl methyl sites for hydroxylation is 1. The van der Waals surface area contributed by atoms with Gasteiger partial charge in [0, 0.05) is 31.1 Å². The molecule has 0 fully saturated rings. The van der Waals surface area contributed by atoms with E-state index in [-0.39, 0.29) is 23.9 Å². The van der Waals surface area contributed by atoms with Crippen molar-refractivity contribution >= 4 is 35.4 Å². The lowest BCUT2D eigenvalue weighted by molar-refractivity contribution is -0.124. The summed E-state index contributed by atoms with van der Waals surface area (Å²) in [7, 11) is 3.63. The van der Waals surface area contributed by atoms with Crippen LogP contribution in [-0.2, 0) is 25.5 Å². The third-order valence-electron chi connectivity index (χ3n) is 10.3. The highest BCUT2D eigenvalue weighted by Gasteiger charge is 2.19. The fourth-order valence-electron chi connectivity index (χ4n) is 6.85. The second kappa shape index (κ2) is 32.7. The minimum atomic E-state index is -0.566. The van der Waals surface area contributed by atoms with E-state index in [1.54, 1.807) is 0 Å². The maximum atomic E-state index is 13.1. The van der Waals surface area contributed by atoms with E-state index in [1.807, 2.05) is 69.5 Å². The number of rotatable bonds is 32. The third kappa shape index (κ3) is 30.8. The Hall–Kier alpha value is -3.88. The molecule has 0 aromatic heterocycles. The molecule has 0 saturated heterocycles. The molecule has 1 rings (SSSR count). The van der Waals surface area contributed by atoms with Crippen LogP contribution >= 0.6 is 0 Å². The highest BCUT2D eigenvalue weighted by atomic mass is 16.6. The first-order valence-electron chi connectivity index (χ1n) is 23.7. The van der Waals surface area contributed by atoms with Crippen LogP contribution in [0.2, 0.25) is 0 Å². The molecule has 0 heterocycles. The molecule has 0 aliphatic rings. The van der Waals surface area contributed by atoms with Crippen LogP contribution in [0, 0.1) is 0 Å². The largest absolute Gasteiger partial charge is 0.492 e. The topological polar surface area (TPSA) is 172 Å². The highest BCUT2D eigenvalue weighted by molar-refractivity contribution is 5.92. The number of likely N-dealkylation sites (N-methyl/N-ethyl adjacent to an activating group) is 2. The van der Waals surface area contributed by atoms with Gasteiger partial charge in [0.25, 0.3) is 0 Å². The van der Waals surface area contributed by atoms with E-state index in [4.69, 9.17) is 14.2 Å². The molecule has 14 heteroatoms. The summed E-state index contributed by atoms with van der Waals surface area (Å²) in [6, 6.07) is 7.86. The fraction of sp³-hybridized carbons (Fsp3) is 0.755. The second-order valence-corrected chi connectivity index (χ2v) is 18.6. The second-order valence-electron chi connectivity index (χ2n) is 18.6. The van der Waals surface area contributed by atoms with Gasteiger partial charge >= 0.3 is 12.2 Å². The molecule has 4 N–H and O–H groups in total. The van der Waals surface area contributed by atoms with E-state index in [9.17, 15) is 19.2 Å². The van der Waals surface area contributed by atoms with Crippen molar-refractivity contribution in [3.05, 3.63) is 29.8 Å². The zero-order valence-corrected chi connectivity index (χ0v) is 41.2. The molecule has 0 aliphatic carbocycles. The molecule has 63 heavy (non-hydrogen) atoms. The molecule has 4 amide bonds. The number of carbonyl (C=O) groups excluding carboxylic acids is 4. The highest BCUT2D eigenvalue weighted by Crippen LogP contribution is 2.16. The van der Waals surface area contributed by atoms with Crippen molar-refractivity contribution in [2.24, 2.45) is 9.98 Å². The summed E-state index contributed by atoms with van der Waals surface area (Å²) < 4.78 is 16.7. The van der Waals surface area contributed by atoms with Crippen molar-refractivity contribution in [2.75, 3.05) is 53.4 Å². The molecule has 0 bridgehead atoms. The van der Waals surface area contributed by atoms with Crippen molar-refractivity contribution in [3.8, 4) is 5.75 Å². The average molecular weight is 886 g/mol. The summed E-state index contributed by atoms with van der Waals surface area (Å²) in [5.74, 6) is 0.854. The predicted molar refractivity (Wildman–Crippen MR) is 257 cm³/mol. The Morgan fingerprint density at radius 3 is 1.49 bits per heavy atom. The average Bonchev–Trinajstić information content (AvgIpc) is 3.19. The van der Waals surface area contributed by atoms with Crippen LogP contribution in [0.4, 0.5) is 9.59 Å². The van der Waals surface area contributed by atoms with Crippen molar-refractivity contribution in [3.63, 3.8) is 0 Å². The number of benzene rings is 1. The van der Waals surface area contributed by atoms with Gasteiger partial charge in [0.15, 0.2) is 0 Å². The van der Waals surface area contributed by atoms with E-state index in [2.05, 4.69) is 67.3 Å². The van der Waals surface area contributed by atoms with Gasteiger partial charge in [-0.3, -0.25) is 14.5 Å². The van der Waals surface area contributed by atoms with Gasteiger partial charge in [0.05, 0.1) is 12.1 Å². The predicted octanol–water partition coefficient (Wildman–Crippen LogP) is 8.98. The zero-order valence-electron chi connectivity index (χ0n) is 41.2. The van der Waals surface area contributed by atoms with Gasteiger partial charge in [-0.2, -0.15) is 9.98 Å². The number of hydrogen-bond donors (Lipinski definition) is 4. The standard InChI is InChI=1S/C49H87N7O7/c1-12-13-16-25-40-28-30-41(31-29-40)61-37-36-56(34-21-32-52-44(57)42(50-10)26-19-14-17-23-38(2)54-46(59)62-48(4,5)6)35-22-33-53-45(58)43(51-11)27-20-15-18-24-39(3)55-47(60)63-49(7,8)9/h28-31,42-43,50-51H,12-27,32-37H2,1-11H3,(H,52,57)(H,53,58)/t42-,43-/m0/s1. The van der Waals surface area contributed by atoms with Crippen molar-refractivity contribution in [1.82, 2.24) is 26.2 Å². The molecule has 0 unspecified atom stereocenters. The summed E-state index contributed by atoms with van der Waals surface area (Å²) >= 11 is 0. The Kier molecular flexibility index (Phi) is 29.7. The minimum Gasteiger partial charge on any atom is -0.492 e. The van der Waals surface area contributed by atoms with Crippen LogP contribution in [-0.4, -0.2) is 117 Å². The number of nitrogens with one attached hydrogen (secondary N) is 4. The number of ether oxygens (including phenoxy) is 3. The Bertz CT molecular complexity index is 1420. The van der Waals surface area contributed by atoms with E-state index in [1.165, 1.54) is 24.8 Å². The van der Waals surface area contributed by atoms with Crippen LogP contribution in [0.5, 0.6) is 5.75 Å². The van der Waals surface area contributed by atoms with Crippen LogP contribution in [0.1, 0.15) is 164 Å². The summed E-state index contributed by atoms with van der Waals surface area (Å²) in [5, 5.41) is 12.6. The van der Waals surface area contributed by atoms with Gasteiger partial charge in [-0.05, 0) is 164 Å². The van der Waals surface area contributed by atoms with Gasteiger partial charge in [-0.15, -0.1) is 0 Å². The molecule has 0 saturated carbocycles. The molecule has 0 spiro atoms. The molecule has 2 atom stereocenters. The van der Waals surface area contributed by atoms with Crippen LogP contribution in [0.25, 0.3) is 0 Å². The molecule has 0 radical (unpaired) electrons. The zero-order chi connectivity index (χ0) is 47.1. The first-order chi connectivity index (χ1) is 29.8. The van der Waals surface area contributed by atoms with Gasteiger partial charge < -0.3 is 35.5 Å². The quantitative estimate of drug-likeness (QED) is 0.0404. The smallest absolute Gasteiger partial charge is 0.434 e. The summed E-state index contributed by atoms with van der Waals surface area (Å²) in [6.45, 7) is 20.8. The molecule has 1 aromatic carbocycles. The van der Waals surface area contributed by atoms with Crippen molar-refractivity contribution in [1.29, 1.82) is 0 Å². The monoisotopic (exact) mass is 886 g/mol. The van der Waals surface area contributed by atoms with E-state index in [0.29, 0.717) is 32.5 Å². The first-order valence-corrected chi connectivity index (χ1v) is 23.7. The lowest BCUT2D eigenvalue weighted by atomic mass is 10.1. The molecule has 360 valence electrons. The lowest BCUT2D eigenvalue weighted by Crippen LogP contribution is -2.44. The van der Waals surface area contributed by atoms with Crippen LogP contribution in [0.3, 0.4) is 0 Å². The normalized spacial score (nSPS) is 13.4. The van der Waals surface area contributed by atoms with Gasteiger partial charge in [-0.1, -0.05) is 57.6 Å². The summed E-state index contributed by atoms with van der Waals surface area (Å²) in [4.78, 5) is 60.5. The number of hydrogen-bond acceptors (Lipinski definition) is 10. The maximum Gasteiger partial charge on any atom is 0.434 e. The Morgan fingerprint density at radius 2 is 1.08 bits per heavy atom. The molecular weight excluding hydrogens is 799 g/mol. The lowest BCUT2D eigenvalue weighted by Gasteiger charge is -2.23. The SMILES string of the molecule is CCCCCc1ccc(OCCN(CCCNC(=O)[C@H](CCCCCC(C)=NC(=O)OC(C)(C)C)NC)CCCNC(=O)[C@H](CCCCCC(C)=NC(=O)OC(C)(C)C)NC)cc1. The number of aliphatic imine (C=N–C) groups is 2. The van der Waals surface area contributed by atoms with Crippen molar-refractivity contribution in [2.45, 2.75) is 188 Å². The molecular formula is C49H87N7O7. The van der Waals surface area contributed by atoms with E-state index < -0.39 is 23.4 Å². The Balaban J connectivity index is 2.59. The fourth-order valence-corrected chi connectivity index (χ4v) is 6.85. The number of amides is 4. The summed E-state index contributed by atoms with van der Waals surface area (Å²) in [6.07, 6.45) is 13.5. The van der Waals surface area contributed by atoms with E-state index in [0.717, 1.165) is 107 Å². The van der Waals surface area contributed by atoms with Gasteiger partial charge in [-0.25, -0.2) is 9.59 Å². The van der Waals surface area contributed by atoms with Crippen molar-refractivity contribution < 1.29 is 33.4 Å². The third-order valence-corrected chi connectivity index (χ3v) is 10.3. The van der Waals surface area contributed by atoms with Crippen LogP contribution in [0.15, 0.2) is 34.3 Å². The summed E-state index contributed by atoms with van der Waals surface area (Å²) in [5.41, 5.74) is 1.70. The number of carbonyl (C=O) groups is 4. The first kappa shape index (κ1) is 57.1. The minimum absolute atomic E-state index is 0.00264. The van der Waals surface area contributed by atoms with Gasteiger partial charge in [0.1, 0.15) is 23.6 Å². The number of unbranched alkanes of at least 4 members (excludes halogenated alkanes) is 6.